The lowest BCUT2D eigenvalue weighted by molar-refractivity contribution is -0.141. The molecule has 1 aliphatic heterocycles. The minimum absolute atomic E-state index is 0.0672. The van der Waals surface area contributed by atoms with E-state index < -0.39 is 11.9 Å². The van der Waals surface area contributed by atoms with Crippen molar-refractivity contribution in [2.45, 2.75) is 26.3 Å². The molecule has 1 aromatic rings. The van der Waals surface area contributed by atoms with Crippen molar-refractivity contribution in [2.24, 2.45) is 5.92 Å². The molecule has 0 spiro atoms. The third kappa shape index (κ3) is 2.37. The molecule has 1 fully saturated rings. The molecule has 2 unspecified atom stereocenters. The van der Waals surface area contributed by atoms with Crippen LogP contribution in [0.2, 0.25) is 0 Å². The molecule has 1 amide bonds. The highest BCUT2D eigenvalue weighted by molar-refractivity contribution is 5.86. The number of hydrogen-bond donors (Lipinski definition) is 1. The number of amides is 1. The van der Waals surface area contributed by atoms with E-state index >= 15 is 0 Å². The first-order valence-electron chi connectivity index (χ1n) is 6.08. The number of rotatable bonds is 3. The summed E-state index contributed by atoms with van der Waals surface area (Å²) < 4.78 is 0. The first kappa shape index (κ1) is 12.6. The number of likely N-dealkylation sites (tertiary alicyclic amines) is 1. The third-order valence-corrected chi connectivity index (χ3v) is 3.53. The highest BCUT2D eigenvalue weighted by Crippen LogP contribution is 2.28. The Balaban J connectivity index is 2.14. The first-order valence-corrected chi connectivity index (χ1v) is 6.08. The highest BCUT2D eigenvalue weighted by atomic mass is 16.4. The zero-order valence-electron chi connectivity index (χ0n) is 10.6. The molecule has 0 aliphatic carbocycles. The first-order chi connectivity index (χ1) is 8.49. The summed E-state index contributed by atoms with van der Waals surface area (Å²) in [5.41, 5.74) is 2.21. The van der Waals surface area contributed by atoms with Crippen LogP contribution in [0.25, 0.3) is 0 Å². The molecular formula is C14H17NO3. The molecule has 0 saturated carbocycles. The smallest absolute Gasteiger partial charge is 0.308 e. The van der Waals surface area contributed by atoms with E-state index in [2.05, 4.69) is 0 Å². The van der Waals surface area contributed by atoms with Gasteiger partial charge in [-0.15, -0.1) is 0 Å². The summed E-state index contributed by atoms with van der Waals surface area (Å²) in [7, 11) is 0. The van der Waals surface area contributed by atoms with Gasteiger partial charge in [-0.2, -0.15) is 0 Å². The van der Waals surface area contributed by atoms with Crippen LogP contribution in [-0.2, 0) is 9.59 Å². The second kappa shape index (κ2) is 4.80. The molecule has 2 rings (SSSR count). The number of carbonyl (C=O) groups excluding carboxylic acids is 1. The van der Waals surface area contributed by atoms with Crippen molar-refractivity contribution in [1.82, 2.24) is 4.90 Å². The fourth-order valence-corrected chi connectivity index (χ4v) is 2.30. The summed E-state index contributed by atoms with van der Waals surface area (Å²) in [5.74, 6) is -1.53. The fourth-order valence-electron chi connectivity index (χ4n) is 2.30. The maximum atomic E-state index is 11.8. The Morgan fingerprint density at radius 1 is 1.39 bits per heavy atom. The summed E-state index contributed by atoms with van der Waals surface area (Å²) in [5, 5.41) is 8.96. The van der Waals surface area contributed by atoms with Gasteiger partial charge >= 0.3 is 5.97 Å². The summed E-state index contributed by atoms with van der Waals surface area (Å²) in [6.07, 6.45) is 0.117. The minimum Gasteiger partial charge on any atom is -0.481 e. The van der Waals surface area contributed by atoms with Crippen molar-refractivity contribution in [3.8, 4) is 0 Å². The van der Waals surface area contributed by atoms with E-state index in [1.165, 1.54) is 5.56 Å². The highest BCUT2D eigenvalue weighted by Gasteiger charge is 2.36. The normalized spacial score (nSPS) is 21.1. The molecule has 96 valence electrons. The lowest BCUT2D eigenvalue weighted by Gasteiger charge is -2.25. The zero-order valence-corrected chi connectivity index (χ0v) is 10.6. The van der Waals surface area contributed by atoms with Gasteiger partial charge < -0.3 is 10.0 Å². The molecule has 1 heterocycles. The van der Waals surface area contributed by atoms with Crippen molar-refractivity contribution in [1.29, 1.82) is 0 Å². The van der Waals surface area contributed by atoms with Gasteiger partial charge in [-0.3, -0.25) is 9.59 Å². The van der Waals surface area contributed by atoms with Crippen LogP contribution in [0.1, 0.15) is 30.5 Å². The maximum absolute atomic E-state index is 11.8. The topological polar surface area (TPSA) is 57.6 Å². The van der Waals surface area contributed by atoms with Crippen molar-refractivity contribution in [2.75, 3.05) is 6.54 Å². The fraction of sp³-hybridized carbons (Fsp3) is 0.429. The Morgan fingerprint density at radius 3 is 2.50 bits per heavy atom. The van der Waals surface area contributed by atoms with Gasteiger partial charge in [0.2, 0.25) is 5.91 Å². The molecule has 4 nitrogen and oxygen atoms in total. The van der Waals surface area contributed by atoms with Crippen molar-refractivity contribution >= 4 is 11.9 Å². The van der Waals surface area contributed by atoms with E-state index in [4.69, 9.17) is 5.11 Å². The molecule has 1 N–H and O–H groups in total. The maximum Gasteiger partial charge on any atom is 0.308 e. The van der Waals surface area contributed by atoms with Crippen LogP contribution in [-0.4, -0.2) is 28.4 Å². The predicted octanol–water partition coefficient (Wildman–Crippen LogP) is 1.99. The third-order valence-electron chi connectivity index (χ3n) is 3.53. The Morgan fingerprint density at radius 2 is 2.00 bits per heavy atom. The average molecular weight is 247 g/mol. The van der Waals surface area contributed by atoms with Crippen LogP contribution >= 0.6 is 0 Å². The van der Waals surface area contributed by atoms with Crippen LogP contribution in [0, 0.1) is 12.8 Å². The molecule has 0 aromatic heterocycles. The van der Waals surface area contributed by atoms with Crippen LogP contribution < -0.4 is 0 Å². The standard InChI is InChI=1S/C14H17NO3/c1-9-3-5-11(6-4-9)10(2)15-8-12(14(17)18)7-13(15)16/h3-6,10,12H,7-8H2,1-2H3,(H,17,18). The Labute approximate surface area is 106 Å². The SMILES string of the molecule is Cc1ccc(C(C)N2CC(C(=O)O)CC2=O)cc1. The van der Waals surface area contributed by atoms with Crippen molar-refractivity contribution in [3.63, 3.8) is 0 Å². The number of nitrogens with zero attached hydrogens (tertiary/aromatic N) is 1. The van der Waals surface area contributed by atoms with E-state index in [-0.39, 0.29) is 18.4 Å². The number of aryl methyl sites for hydroxylation is 1. The molecule has 2 atom stereocenters. The Kier molecular flexibility index (Phi) is 3.36. The number of carboxylic acid groups (broad SMARTS) is 1. The monoisotopic (exact) mass is 247 g/mol. The molecule has 1 saturated heterocycles. The van der Waals surface area contributed by atoms with E-state index in [1.807, 2.05) is 38.1 Å². The summed E-state index contributed by atoms with van der Waals surface area (Å²) in [6.45, 7) is 4.26. The number of benzene rings is 1. The van der Waals surface area contributed by atoms with Crippen LogP contribution in [0.15, 0.2) is 24.3 Å². The van der Waals surface area contributed by atoms with Crippen LogP contribution in [0.3, 0.4) is 0 Å². The Bertz CT molecular complexity index is 466. The van der Waals surface area contributed by atoms with Gasteiger partial charge in [-0.05, 0) is 19.4 Å². The van der Waals surface area contributed by atoms with E-state index in [1.54, 1.807) is 4.90 Å². The molecule has 4 heteroatoms. The van der Waals surface area contributed by atoms with Gasteiger partial charge in [0, 0.05) is 13.0 Å². The second-order valence-electron chi connectivity index (χ2n) is 4.87. The van der Waals surface area contributed by atoms with Gasteiger partial charge in [0.25, 0.3) is 0 Å². The van der Waals surface area contributed by atoms with E-state index in [0.29, 0.717) is 6.54 Å². The summed E-state index contributed by atoms with van der Waals surface area (Å²) in [6, 6.07) is 7.91. The quantitative estimate of drug-likeness (QED) is 0.888. The van der Waals surface area contributed by atoms with Crippen LogP contribution in [0.4, 0.5) is 0 Å². The van der Waals surface area contributed by atoms with Gasteiger partial charge in [0.05, 0.1) is 12.0 Å². The average Bonchev–Trinajstić information content (AvgIpc) is 2.71. The van der Waals surface area contributed by atoms with Gasteiger partial charge in [-0.1, -0.05) is 29.8 Å². The van der Waals surface area contributed by atoms with E-state index in [9.17, 15) is 9.59 Å². The number of aliphatic carboxylic acids is 1. The van der Waals surface area contributed by atoms with Gasteiger partial charge in [0.1, 0.15) is 0 Å². The van der Waals surface area contributed by atoms with Gasteiger partial charge in [0.15, 0.2) is 0 Å². The van der Waals surface area contributed by atoms with Gasteiger partial charge in [-0.25, -0.2) is 0 Å². The molecular weight excluding hydrogens is 230 g/mol. The number of carbonyl (C=O) groups is 2. The van der Waals surface area contributed by atoms with Crippen molar-refractivity contribution in [3.05, 3.63) is 35.4 Å². The molecule has 1 aromatic carbocycles. The Hall–Kier alpha value is -1.84. The minimum atomic E-state index is -0.887. The lowest BCUT2D eigenvalue weighted by atomic mass is 10.1. The van der Waals surface area contributed by atoms with Crippen LogP contribution in [0.5, 0.6) is 0 Å². The summed E-state index contributed by atoms with van der Waals surface area (Å²) >= 11 is 0. The number of hydrogen-bond acceptors (Lipinski definition) is 2. The predicted molar refractivity (Wildman–Crippen MR) is 67.0 cm³/mol. The lowest BCUT2D eigenvalue weighted by Crippen LogP contribution is -2.29. The van der Waals surface area contributed by atoms with E-state index in [0.717, 1.165) is 5.56 Å². The molecule has 1 aliphatic rings. The molecule has 18 heavy (non-hydrogen) atoms. The largest absolute Gasteiger partial charge is 0.481 e. The molecule has 0 radical (unpaired) electrons. The summed E-state index contributed by atoms with van der Waals surface area (Å²) in [4.78, 5) is 24.4. The number of carboxylic acids is 1. The zero-order chi connectivity index (χ0) is 13.3. The molecule has 0 bridgehead atoms. The second-order valence-corrected chi connectivity index (χ2v) is 4.87. The van der Waals surface area contributed by atoms with Crippen molar-refractivity contribution < 1.29 is 14.7 Å².